The van der Waals surface area contributed by atoms with E-state index in [1.165, 1.54) is 37.4 Å². The zero-order valence-corrected chi connectivity index (χ0v) is 14.8. The fraction of sp³-hybridized carbons (Fsp3) is 0.222. The first-order valence-corrected chi connectivity index (χ1v) is 8.17. The molecule has 0 radical (unpaired) electrons. The van der Waals surface area contributed by atoms with E-state index in [0.29, 0.717) is 24.7 Å². The van der Waals surface area contributed by atoms with Crippen LogP contribution in [0.1, 0.15) is 10.4 Å². The van der Waals surface area contributed by atoms with Crippen LogP contribution in [-0.4, -0.2) is 43.7 Å². The molecule has 0 atom stereocenters. The number of methoxy groups -OCH3 is 1. The molecule has 0 saturated heterocycles. The standard InChI is InChI=1S/C18H16N2O8/c1-25-15-9-12(20(23)24)3-4-13(15)19-17(21)10-28-18(22)11-2-5-14-16(8-11)27-7-6-26-14/h2-5,8-9H,6-7,10H2,1H3,(H,19,21). The van der Waals surface area contributed by atoms with E-state index in [-0.39, 0.29) is 22.7 Å². The molecular weight excluding hydrogens is 372 g/mol. The summed E-state index contributed by atoms with van der Waals surface area (Å²) in [5, 5.41) is 13.3. The first-order chi connectivity index (χ1) is 13.5. The zero-order valence-electron chi connectivity index (χ0n) is 14.8. The summed E-state index contributed by atoms with van der Waals surface area (Å²) in [5.74, 6) is -0.256. The number of anilines is 1. The number of amides is 1. The summed E-state index contributed by atoms with van der Waals surface area (Å²) in [6.45, 7) is 0.265. The summed E-state index contributed by atoms with van der Waals surface area (Å²) >= 11 is 0. The van der Waals surface area contributed by atoms with Crippen LogP contribution < -0.4 is 19.5 Å². The molecule has 1 aliphatic rings. The van der Waals surface area contributed by atoms with Gasteiger partial charge < -0.3 is 24.3 Å². The number of nitro benzene ring substituents is 1. The number of nitro groups is 1. The van der Waals surface area contributed by atoms with E-state index in [9.17, 15) is 19.7 Å². The molecule has 28 heavy (non-hydrogen) atoms. The summed E-state index contributed by atoms with van der Waals surface area (Å²) < 4.78 is 20.8. The van der Waals surface area contributed by atoms with Crippen molar-refractivity contribution < 1.29 is 33.5 Å². The summed E-state index contributed by atoms with van der Waals surface area (Å²) in [7, 11) is 1.32. The Kier molecular flexibility index (Phi) is 5.58. The fourth-order valence-electron chi connectivity index (χ4n) is 2.47. The first-order valence-electron chi connectivity index (χ1n) is 8.17. The van der Waals surface area contributed by atoms with Gasteiger partial charge in [0, 0.05) is 6.07 Å². The van der Waals surface area contributed by atoms with Crippen LogP contribution in [0.2, 0.25) is 0 Å². The molecule has 0 aromatic heterocycles. The van der Waals surface area contributed by atoms with E-state index < -0.39 is 23.4 Å². The maximum Gasteiger partial charge on any atom is 0.338 e. The minimum Gasteiger partial charge on any atom is -0.494 e. The van der Waals surface area contributed by atoms with Crippen molar-refractivity contribution in [2.75, 3.05) is 32.2 Å². The van der Waals surface area contributed by atoms with E-state index in [1.54, 1.807) is 6.07 Å². The van der Waals surface area contributed by atoms with Gasteiger partial charge >= 0.3 is 5.97 Å². The SMILES string of the molecule is COc1cc([N+](=O)[O-])ccc1NC(=O)COC(=O)c1ccc2c(c1)OCCO2. The Bertz CT molecular complexity index is 928. The van der Waals surface area contributed by atoms with Crippen molar-refractivity contribution in [2.45, 2.75) is 0 Å². The lowest BCUT2D eigenvalue weighted by Gasteiger charge is -2.18. The number of fused-ring (bicyclic) bond motifs is 1. The highest BCUT2D eigenvalue weighted by Crippen LogP contribution is 2.31. The van der Waals surface area contributed by atoms with E-state index in [0.717, 1.165) is 0 Å². The third-order valence-electron chi connectivity index (χ3n) is 3.78. The number of ether oxygens (including phenoxy) is 4. The Morgan fingerprint density at radius 1 is 1.14 bits per heavy atom. The average Bonchev–Trinajstić information content (AvgIpc) is 2.71. The largest absolute Gasteiger partial charge is 0.494 e. The van der Waals surface area contributed by atoms with E-state index in [2.05, 4.69) is 5.32 Å². The number of non-ortho nitro benzene ring substituents is 1. The van der Waals surface area contributed by atoms with E-state index in [1.807, 2.05) is 0 Å². The van der Waals surface area contributed by atoms with Gasteiger partial charge in [0.25, 0.3) is 11.6 Å². The van der Waals surface area contributed by atoms with Crippen molar-refractivity contribution >= 4 is 23.3 Å². The van der Waals surface area contributed by atoms with Crippen LogP contribution in [0.15, 0.2) is 36.4 Å². The molecule has 1 N–H and O–H groups in total. The highest BCUT2D eigenvalue weighted by Gasteiger charge is 2.18. The highest BCUT2D eigenvalue weighted by atomic mass is 16.6. The Hall–Kier alpha value is -3.82. The van der Waals surface area contributed by atoms with Gasteiger partial charge in [-0.05, 0) is 24.3 Å². The third-order valence-corrected chi connectivity index (χ3v) is 3.78. The molecule has 0 spiro atoms. The smallest absolute Gasteiger partial charge is 0.338 e. The minimum absolute atomic E-state index is 0.112. The van der Waals surface area contributed by atoms with Crippen molar-refractivity contribution in [3.63, 3.8) is 0 Å². The van der Waals surface area contributed by atoms with Gasteiger partial charge in [-0.25, -0.2) is 4.79 Å². The maximum atomic E-state index is 12.1. The number of carbonyl (C=O) groups excluding carboxylic acids is 2. The predicted molar refractivity (Wildman–Crippen MR) is 96.0 cm³/mol. The van der Waals surface area contributed by atoms with Gasteiger partial charge in [0.1, 0.15) is 19.0 Å². The lowest BCUT2D eigenvalue weighted by molar-refractivity contribution is -0.384. The zero-order chi connectivity index (χ0) is 20.1. The second-order valence-electron chi connectivity index (χ2n) is 5.62. The number of benzene rings is 2. The average molecular weight is 388 g/mol. The minimum atomic E-state index is -0.706. The highest BCUT2D eigenvalue weighted by molar-refractivity contribution is 5.96. The van der Waals surface area contributed by atoms with Gasteiger partial charge in [0.15, 0.2) is 18.1 Å². The molecule has 0 unspecified atom stereocenters. The topological polar surface area (TPSA) is 126 Å². The van der Waals surface area contributed by atoms with Crippen molar-refractivity contribution in [1.29, 1.82) is 0 Å². The van der Waals surface area contributed by atoms with Gasteiger partial charge in [0.2, 0.25) is 0 Å². The van der Waals surface area contributed by atoms with Crippen LogP contribution in [0.3, 0.4) is 0 Å². The number of nitrogens with one attached hydrogen (secondary N) is 1. The molecule has 0 saturated carbocycles. The first kappa shape index (κ1) is 19.0. The molecular formula is C18H16N2O8. The number of carbonyl (C=O) groups is 2. The van der Waals surface area contributed by atoms with Crippen LogP contribution in [0.25, 0.3) is 0 Å². The summed E-state index contributed by atoms with van der Waals surface area (Å²) in [6.07, 6.45) is 0. The number of nitrogens with zero attached hydrogens (tertiary/aromatic N) is 1. The molecule has 2 aromatic rings. The predicted octanol–water partition coefficient (Wildman–Crippen LogP) is 2.17. The number of hydrogen-bond acceptors (Lipinski definition) is 8. The fourth-order valence-corrected chi connectivity index (χ4v) is 2.47. The number of hydrogen-bond donors (Lipinski definition) is 1. The van der Waals surface area contributed by atoms with Crippen LogP contribution in [0, 0.1) is 10.1 Å². The third kappa shape index (κ3) is 4.29. The van der Waals surface area contributed by atoms with Crippen molar-refractivity contribution in [3.8, 4) is 17.2 Å². The van der Waals surface area contributed by atoms with E-state index in [4.69, 9.17) is 18.9 Å². The molecule has 0 fully saturated rings. The summed E-state index contributed by atoms with van der Waals surface area (Å²) in [5.41, 5.74) is 0.248. The molecule has 1 aliphatic heterocycles. The Morgan fingerprint density at radius 2 is 1.89 bits per heavy atom. The van der Waals surface area contributed by atoms with Crippen molar-refractivity contribution in [1.82, 2.24) is 0 Å². The van der Waals surface area contributed by atoms with Crippen LogP contribution >= 0.6 is 0 Å². The molecule has 1 heterocycles. The molecule has 0 aliphatic carbocycles. The maximum absolute atomic E-state index is 12.1. The lowest BCUT2D eigenvalue weighted by atomic mass is 10.2. The Labute approximate surface area is 159 Å². The van der Waals surface area contributed by atoms with Gasteiger partial charge in [-0.15, -0.1) is 0 Å². The normalized spacial score (nSPS) is 12.0. The molecule has 0 bridgehead atoms. The molecule has 146 valence electrons. The second-order valence-corrected chi connectivity index (χ2v) is 5.62. The van der Waals surface area contributed by atoms with Gasteiger partial charge in [-0.3, -0.25) is 14.9 Å². The Balaban J connectivity index is 1.60. The summed E-state index contributed by atoms with van der Waals surface area (Å²) in [6, 6.07) is 8.31. The van der Waals surface area contributed by atoms with Crippen LogP contribution in [0.4, 0.5) is 11.4 Å². The second kappa shape index (κ2) is 8.25. The summed E-state index contributed by atoms with van der Waals surface area (Å²) in [4.78, 5) is 34.4. The Morgan fingerprint density at radius 3 is 2.61 bits per heavy atom. The molecule has 2 aromatic carbocycles. The molecule has 10 nitrogen and oxygen atoms in total. The number of esters is 1. The molecule has 3 rings (SSSR count). The lowest BCUT2D eigenvalue weighted by Crippen LogP contribution is -2.21. The molecule has 10 heteroatoms. The monoisotopic (exact) mass is 388 g/mol. The van der Waals surface area contributed by atoms with Crippen molar-refractivity contribution in [3.05, 3.63) is 52.1 Å². The quantitative estimate of drug-likeness (QED) is 0.453. The van der Waals surface area contributed by atoms with Crippen molar-refractivity contribution in [2.24, 2.45) is 0 Å². The van der Waals surface area contributed by atoms with Gasteiger partial charge in [0.05, 0.1) is 29.4 Å². The van der Waals surface area contributed by atoms with Gasteiger partial charge in [-0.1, -0.05) is 0 Å². The van der Waals surface area contributed by atoms with Gasteiger partial charge in [-0.2, -0.15) is 0 Å². The number of rotatable bonds is 6. The molecule has 1 amide bonds. The van der Waals surface area contributed by atoms with E-state index >= 15 is 0 Å². The van der Waals surface area contributed by atoms with Crippen LogP contribution in [0.5, 0.6) is 17.2 Å². The van der Waals surface area contributed by atoms with Crippen LogP contribution in [-0.2, 0) is 9.53 Å².